The van der Waals surface area contributed by atoms with Crippen LogP contribution in [0.4, 0.5) is 5.82 Å². The van der Waals surface area contributed by atoms with E-state index in [4.69, 9.17) is 5.73 Å². The van der Waals surface area contributed by atoms with Crippen LogP contribution in [0.15, 0.2) is 0 Å². The lowest BCUT2D eigenvalue weighted by Gasteiger charge is -2.01. The molecule has 64 valence electrons. The third-order valence-electron chi connectivity index (χ3n) is 2.62. The van der Waals surface area contributed by atoms with Crippen LogP contribution in [-0.4, -0.2) is 9.78 Å². The molecule has 2 aliphatic rings. The second-order valence-electron chi connectivity index (χ2n) is 3.59. The zero-order valence-corrected chi connectivity index (χ0v) is 6.88. The highest BCUT2D eigenvalue weighted by Crippen LogP contribution is 2.38. The molecule has 0 bridgehead atoms. The Morgan fingerprint density at radius 1 is 1.42 bits per heavy atom. The first kappa shape index (κ1) is 6.48. The minimum absolute atomic E-state index is 0.607. The first-order valence-electron chi connectivity index (χ1n) is 4.42. The molecule has 1 fully saturated rings. The number of hydrogen-bond acceptors (Lipinski definition) is 3. The molecular formula is C8H12N4. The lowest BCUT2D eigenvalue weighted by atomic mass is 10.3. The van der Waals surface area contributed by atoms with Crippen molar-refractivity contribution in [3.05, 3.63) is 11.3 Å². The highest BCUT2D eigenvalue weighted by atomic mass is 15.4. The quantitative estimate of drug-likeness (QED) is 0.631. The van der Waals surface area contributed by atoms with Gasteiger partial charge in [0, 0.05) is 18.7 Å². The van der Waals surface area contributed by atoms with Crippen molar-refractivity contribution in [1.29, 1.82) is 0 Å². The fraction of sp³-hybridized carbons (Fsp3) is 0.625. The number of hydrogen-bond donors (Lipinski definition) is 2. The predicted molar refractivity (Wildman–Crippen MR) is 45.5 cm³/mol. The summed E-state index contributed by atoms with van der Waals surface area (Å²) in [5.41, 5.74) is 8.33. The number of rotatable bonds is 1. The molecule has 3 rings (SSSR count). The normalized spacial score (nSPS) is 21.3. The smallest absolute Gasteiger partial charge is 0.126 e. The van der Waals surface area contributed by atoms with Crippen molar-refractivity contribution < 1.29 is 0 Å². The number of anilines is 1. The Hall–Kier alpha value is -1.03. The van der Waals surface area contributed by atoms with Gasteiger partial charge in [0.2, 0.25) is 0 Å². The van der Waals surface area contributed by atoms with Crippen LogP contribution < -0.4 is 11.1 Å². The predicted octanol–water partition coefficient (Wildman–Crippen LogP) is 0.403. The molecule has 1 aromatic rings. The minimum Gasteiger partial charge on any atom is -0.384 e. The second kappa shape index (κ2) is 2.01. The highest BCUT2D eigenvalue weighted by molar-refractivity contribution is 5.46. The van der Waals surface area contributed by atoms with Crippen LogP contribution in [0.3, 0.4) is 0 Å². The Kier molecular flexibility index (Phi) is 1.09. The third kappa shape index (κ3) is 0.728. The molecule has 0 spiro atoms. The zero-order chi connectivity index (χ0) is 8.13. The van der Waals surface area contributed by atoms with Gasteiger partial charge in [-0.2, -0.15) is 5.10 Å². The average molecular weight is 164 g/mol. The first-order valence-corrected chi connectivity index (χ1v) is 4.42. The van der Waals surface area contributed by atoms with Crippen LogP contribution in [0.25, 0.3) is 0 Å². The van der Waals surface area contributed by atoms with E-state index in [-0.39, 0.29) is 0 Å². The molecular weight excluding hydrogens is 152 g/mol. The number of nitrogens with zero attached hydrogens (tertiary/aromatic N) is 2. The van der Waals surface area contributed by atoms with Crippen LogP contribution in [0.5, 0.6) is 0 Å². The molecule has 1 saturated carbocycles. The number of nitrogen functional groups attached to an aromatic ring is 1. The summed E-state index contributed by atoms with van der Waals surface area (Å²) in [4.78, 5) is 0. The molecule has 1 aliphatic carbocycles. The van der Waals surface area contributed by atoms with E-state index in [1.165, 1.54) is 18.4 Å². The van der Waals surface area contributed by atoms with Gasteiger partial charge in [-0.05, 0) is 12.8 Å². The maximum atomic E-state index is 5.96. The summed E-state index contributed by atoms with van der Waals surface area (Å²) in [6.07, 6.45) is 2.50. The fourth-order valence-corrected chi connectivity index (χ4v) is 1.77. The van der Waals surface area contributed by atoms with Gasteiger partial charge < -0.3 is 11.1 Å². The fourth-order valence-electron chi connectivity index (χ4n) is 1.77. The van der Waals surface area contributed by atoms with E-state index < -0.39 is 0 Å². The highest BCUT2D eigenvalue weighted by Gasteiger charge is 2.30. The van der Waals surface area contributed by atoms with E-state index >= 15 is 0 Å². The van der Waals surface area contributed by atoms with E-state index in [0.29, 0.717) is 6.04 Å². The summed E-state index contributed by atoms with van der Waals surface area (Å²) in [7, 11) is 0. The molecule has 0 saturated heterocycles. The van der Waals surface area contributed by atoms with Crippen molar-refractivity contribution >= 4 is 5.82 Å². The largest absolute Gasteiger partial charge is 0.384 e. The average Bonchev–Trinajstić information content (AvgIpc) is 2.71. The lowest BCUT2D eigenvalue weighted by molar-refractivity contribution is 0.621. The lowest BCUT2D eigenvalue weighted by Crippen LogP contribution is -2.09. The van der Waals surface area contributed by atoms with Crippen molar-refractivity contribution in [2.75, 3.05) is 5.73 Å². The SMILES string of the molecule is Nc1c2c(nn1C1CC1)CNC2. The summed E-state index contributed by atoms with van der Waals surface area (Å²) in [6.45, 7) is 1.78. The van der Waals surface area contributed by atoms with Gasteiger partial charge >= 0.3 is 0 Å². The van der Waals surface area contributed by atoms with Crippen molar-refractivity contribution in [2.24, 2.45) is 0 Å². The Morgan fingerprint density at radius 3 is 2.92 bits per heavy atom. The second-order valence-corrected chi connectivity index (χ2v) is 3.59. The maximum Gasteiger partial charge on any atom is 0.126 e. The number of aromatic nitrogens is 2. The van der Waals surface area contributed by atoms with Crippen LogP contribution in [0.1, 0.15) is 30.1 Å². The summed E-state index contributed by atoms with van der Waals surface area (Å²) >= 11 is 0. The van der Waals surface area contributed by atoms with Crippen LogP contribution in [-0.2, 0) is 13.1 Å². The summed E-state index contributed by atoms with van der Waals surface area (Å²) in [6, 6.07) is 0.607. The van der Waals surface area contributed by atoms with Gasteiger partial charge in [0.25, 0.3) is 0 Å². The van der Waals surface area contributed by atoms with Crippen molar-refractivity contribution in [2.45, 2.75) is 32.0 Å². The summed E-state index contributed by atoms with van der Waals surface area (Å²) in [5.74, 6) is 0.887. The molecule has 0 amide bonds. The molecule has 3 N–H and O–H groups in total. The Balaban J connectivity index is 2.10. The van der Waals surface area contributed by atoms with Crippen molar-refractivity contribution in [3.8, 4) is 0 Å². The van der Waals surface area contributed by atoms with Crippen molar-refractivity contribution in [1.82, 2.24) is 15.1 Å². The maximum absolute atomic E-state index is 5.96. The molecule has 0 unspecified atom stereocenters. The van der Waals surface area contributed by atoms with E-state index in [2.05, 4.69) is 10.4 Å². The molecule has 0 atom stereocenters. The third-order valence-corrected chi connectivity index (χ3v) is 2.62. The molecule has 0 radical (unpaired) electrons. The van der Waals surface area contributed by atoms with Gasteiger partial charge in [-0.25, -0.2) is 4.68 Å². The molecule has 12 heavy (non-hydrogen) atoms. The van der Waals surface area contributed by atoms with E-state index in [1.807, 2.05) is 4.68 Å². The van der Waals surface area contributed by atoms with Gasteiger partial charge in [0.15, 0.2) is 0 Å². The van der Waals surface area contributed by atoms with Crippen LogP contribution >= 0.6 is 0 Å². The molecule has 0 aromatic carbocycles. The Bertz CT molecular complexity index is 324. The van der Waals surface area contributed by atoms with Gasteiger partial charge in [-0.15, -0.1) is 0 Å². The van der Waals surface area contributed by atoms with Gasteiger partial charge in [0.1, 0.15) is 5.82 Å². The standard InChI is InChI=1S/C8H12N4/c9-8-6-3-10-4-7(6)11-12(8)5-1-2-5/h5,10H,1-4,9H2. The Labute approximate surface area is 70.7 Å². The number of nitrogens with one attached hydrogen (secondary N) is 1. The van der Waals surface area contributed by atoms with Gasteiger partial charge in [0.05, 0.1) is 11.7 Å². The van der Waals surface area contributed by atoms with Crippen LogP contribution in [0, 0.1) is 0 Å². The minimum atomic E-state index is 0.607. The molecule has 1 aromatic heterocycles. The monoisotopic (exact) mass is 164 g/mol. The number of fused-ring (bicyclic) bond motifs is 1. The Morgan fingerprint density at radius 2 is 2.25 bits per heavy atom. The van der Waals surface area contributed by atoms with Gasteiger partial charge in [-0.3, -0.25) is 0 Å². The van der Waals surface area contributed by atoms with E-state index in [0.717, 1.165) is 24.6 Å². The summed E-state index contributed by atoms with van der Waals surface area (Å²) in [5, 5.41) is 7.72. The van der Waals surface area contributed by atoms with E-state index in [9.17, 15) is 0 Å². The molecule has 4 heteroatoms. The van der Waals surface area contributed by atoms with E-state index in [1.54, 1.807) is 0 Å². The van der Waals surface area contributed by atoms with Gasteiger partial charge in [-0.1, -0.05) is 0 Å². The first-order chi connectivity index (χ1) is 5.86. The number of nitrogens with two attached hydrogens (primary N) is 1. The topological polar surface area (TPSA) is 55.9 Å². The molecule has 1 aliphatic heterocycles. The molecule has 4 nitrogen and oxygen atoms in total. The summed E-state index contributed by atoms with van der Waals surface area (Å²) < 4.78 is 2.01. The van der Waals surface area contributed by atoms with Crippen LogP contribution in [0.2, 0.25) is 0 Å². The van der Waals surface area contributed by atoms with Crippen molar-refractivity contribution in [3.63, 3.8) is 0 Å². The zero-order valence-electron chi connectivity index (χ0n) is 6.88. The molecule has 2 heterocycles.